The van der Waals surface area contributed by atoms with E-state index in [1.165, 1.54) is 13.0 Å². The summed E-state index contributed by atoms with van der Waals surface area (Å²) < 4.78 is 40.3. The van der Waals surface area contributed by atoms with Crippen LogP contribution in [0, 0.1) is 0 Å². The van der Waals surface area contributed by atoms with Crippen molar-refractivity contribution in [2.24, 2.45) is 4.99 Å². The third-order valence-electron chi connectivity index (χ3n) is 6.79. The highest BCUT2D eigenvalue weighted by Gasteiger charge is 2.38. The van der Waals surface area contributed by atoms with Gasteiger partial charge in [0.2, 0.25) is 5.91 Å². The number of piperidine rings is 1. The first-order valence-corrected chi connectivity index (χ1v) is 11.1. The summed E-state index contributed by atoms with van der Waals surface area (Å²) in [4.78, 5) is 33.4. The molecule has 4 rings (SSSR count). The molecular weight excluding hydrogens is 419 g/mol. The molecule has 3 aliphatic rings. The molecule has 1 aromatic carbocycles. The van der Waals surface area contributed by atoms with Gasteiger partial charge in [-0.25, -0.2) is 0 Å². The summed E-state index contributed by atoms with van der Waals surface area (Å²) in [6, 6.07) is 5.74. The van der Waals surface area contributed by atoms with Crippen molar-refractivity contribution in [1.82, 2.24) is 9.80 Å². The van der Waals surface area contributed by atoms with Gasteiger partial charge in [0.15, 0.2) is 0 Å². The molecule has 0 bridgehead atoms. The minimum absolute atomic E-state index is 0.0153. The van der Waals surface area contributed by atoms with E-state index in [0.29, 0.717) is 50.3 Å². The maximum absolute atomic E-state index is 13.4. The number of aliphatic imine (C=N–C) groups is 1. The Hall–Kier alpha value is -2.64. The molecule has 0 spiro atoms. The minimum atomic E-state index is -4.39. The van der Waals surface area contributed by atoms with Gasteiger partial charge in [0, 0.05) is 44.7 Å². The lowest BCUT2D eigenvalue weighted by atomic mass is 9.86. The predicted octanol–water partition coefficient (Wildman–Crippen LogP) is 4.19. The Morgan fingerprint density at radius 2 is 1.72 bits per heavy atom. The number of halogens is 3. The van der Waals surface area contributed by atoms with Crippen LogP contribution in [0.25, 0.3) is 0 Å². The Kier molecular flexibility index (Phi) is 6.14. The number of hydrogen-bond donors (Lipinski definition) is 0. The van der Waals surface area contributed by atoms with Crippen LogP contribution < -0.4 is 0 Å². The first-order valence-electron chi connectivity index (χ1n) is 11.1. The van der Waals surface area contributed by atoms with Crippen LogP contribution in [0.4, 0.5) is 13.2 Å². The molecule has 1 atom stereocenters. The fourth-order valence-electron chi connectivity index (χ4n) is 4.96. The summed E-state index contributed by atoms with van der Waals surface area (Å²) in [6.45, 7) is 5.23. The van der Waals surface area contributed by atoms with Crippen LogP contribution >= 0.6 is 0 Å². The van der Waals surface area contributed by atoms with Crippen molar-refractivity contribution in [1.29, 1.82) is 0 Å². The summed E-state index contributed by atoms with van der Waals surface area (Å²) in [5.74, 6) is -0.428. The number of rotatable bonds is 2. The lowest BCUT2D eigenvalue weighted by molar-refractivity contribution is -0.138. The summed E-state index contributed by atoms with van der Waals surface area (Å²) in [7, 11) is 0. The second-order valence-electron chi connectivity index (χ2n) is 8.97. The Bertz CT molecular complexity index is 975. The summed E-state index contributed by atoms with van der Waals surface area (Å²) in [5, 5.41) is 0. The molecule has 0 aromatic heterocycles. The highest BCUT2D eigenvalue weighted by atomic mass is 19.4. The number of alkyl halides is 3. The normalized spacial score (nSPS) is 22.5. The number of likely N-dealkylation sites (tertiary alicyclic amines) is 1. The van der Waals surface area contributed by atoms with Crippen molar-refractivity contribution in [2.45, 2.75) is 57.7 Å². The Morgan fingerprint density at radius 3 is 2.38 bits per heavy atom. The molecule has 0 radical (unpaired) electrons. The van der Waals surface area contributed by atoms with Crippen molar-refractivity contribution in [2.75, 3.05) is 26.2 Å². The van der Waals surface area contributed by atoms with Gasteiger partial charge in [-0.3, -0.25) is 14.6 Å². The van der Waals surface area contributed by atoms with Crippen LogP contribution in [0.1, 0.15) is 56.6 Å². The van der Waals surface area contributed by atoms with Gasteiger partial charge in [0.05, 0.1) is 5.56 Å². The standard InChI is InChI=1S/C24H28F3N3O2/c1-15-7-8-18-13-30(16(2)31)14-20(18)22(28-15)23(32)29-11-9-17(10-12-29)19-5-3-4-6-21(19)24(25,26)27/h3-6,15,17H,7-14H2,1-2H3. The number of carbonyl (C=O) groups excluding carboxylic acids is 2. The van der Waals surface area contributed by atoms with Gasteiger partial charge < -0.3 is 9.80 Å². The van der Waals surface area contributed by atoms with Gasteiger partial charge in [-0.15, -0.1) is 0 Å². The molecule has 32 heavy (non-hydrogen) atoms. The van der Waals surface area contributed by atoms with E-state index in [4.69, 9.17) is 4.99 Å². The smallest absolute Gasteiger partial charge is 0.337 e. The molecule has 8 heteroatoms. The molecule has 0 aliphatic carbocycles. The highest BCUT2D eigenvalue weighted by molar-refractivity contribution is 6.45. The van der Waals surface area contributed by atoms with Gasteiger partial charge >= 0.3 is 6.18 Å². The molecule has 0 saturated carbocycles. The van der Waals surface area contributed by atoms with Crippen molar-refractivity contribution < 1.29 is 22.8 Å². The Labute approximate surface area is 186 Å². The quantitative estimate of drug-likeness (QED) is 0.683. The van der Waals surface area contributed by atoms with E-state index in [1.807, 2.05) is 6.92 Å². The Balaban J connectivity index is 1.50. The van der Waals surface area contributed by atoms with Crippen molar-refractivity contribution >= 4 is 17.5 Å². The largest absolute Gasteiger partial charge is 0.416 e. The molecule has 1 fully saturated rings. The monoisotopic (exact) mass is 447 g/mol. The van der Waals surface area contributed by atoms with Crippen LogP contribution in [0.3, 0.4) is 0 Å². The number of amides is 2. The average Bonchev–Trinajstić information content (AvgIpc) is 3.13. The average molecular weight is 448 g/mol. The van der Waals surface area contributed by atoms with Gasteiger partial charge in [-0.05, 0) is 55.7 Å². The molecule has 5 nitrogen and oxygen atoms in total. The zero-order valence-electron chi connectivity index (χ0n) is 18.4. The molecule has 1 saturated heterocycles. The van der Waals surface area contributed by atoms with E-state index in [0.717, 1.165) is 30.1 Å². The number of benzene rings is 1. The van der Waals surface area contributed by atoms with E-state index >= 15 is 0 Å². The van der Waals surface area contributed by atoms with E-state index in [9.17, 15) is 22.8 Å². The summed E-state index contributed by atoms with van der Waals surface area (Å²) in [6.07, 6.45) is -1.78. The van der Waals surface area contributed by atoms with Crippen LogP contribution in [0.2, 0.25) is 0 Å². The lowest BCUT2D eigenvalue weighted by Gasteiger charge is -2.33. The number of carbonyl (C=O) groups is 2. The molecule has 1 unspecified atom stereocenters. The van der Waals surface area contributed by atoms with E-state index in [-0.39, 0.29) is 23.8 Å². The fourth-order valence-corrected chi connectivity index (χ4v) is 4.96. The van der Waals surface area contributed by atoms with Gasteiger partial charge in [-0.1, -0.05) is 18.2 Å². The van der Waals surface area contributed by atoms with Crippen LogP contribution in [0.15, 0.2) is 40.4 Å². The molecule has 3 aliphatic heterocycles. The molecule has 172 valence electrons. The minimum Gasteiger partial charge on any atom is -0.337 e. The second kappa shape index (κ2) is 8.71. The number of hydrogen-bond acceptors (Lipinski definition) is 3. The van der Waals surface area contributed by atoms with Gasteiger partial charge in [-0.2, -0.15) is 13.2 Å². The molecule has 1 aromatic rings. The topological polar surface area (TPSA) is 53.0 Å². The number of nitrogens with zero attached hydrogens (tertiary/aromatic N) is 3. The maximum Gasteiger partial charge on any atom is 0.416 e. The first kappa shape index (κ1) is 22.6. The Morgan fingerprint density at radius 1 is 1.03 bits per heavy atom. The molecule has 0 N–H and O–H groups in total. The van der Waals surface area contributed by atoms with Gasteiger partial charge in [0.25, 0.3) is 5.91 Å². The molecular formula is C24H28F3N3O2. The lowest BCUT2D eigenvalue weighted by Crippen LogP contribution is -2.43. The predicted molar refractivity (Wildman–Crippen MR) is 115 cm³/mol. The zero-order chi connectivity index (χ0) is 23.0. The SMILES string of the molecule is CC(=O)N1CC2=C(C1)C(C(=O)N1CCC(c3ccccc3C(F)(F)F)CC1)=NC(C)CC2. The van der Waals surface area contributed by atoms with Crippen LogP contribution in [-0.2, 0) is 15.8 Å². The second-order valence-corrected chi connectivity index (χ2v) is 8.97. The molecule has 3 heterocycles. The third-order valence-corrected chi connectivity index (χ3v) is 6.79. The van der Waals surface area contributed by atoms with E-state index < -0.39 is 11.7 Å². The molecule has 2 amide bonds. The first-order chi connectivity index (χ1) is 15.1. The third kappa shape index (κ3) is 4.45. The van der Waals surface area contributed by atoms with Gasteiger partial charge in [0.1, 0.15) is 5.71 Å². The van der Waals surface area contributed by atoms with E-state index in [1.54, 1.807) is 21.9 Å². The zero-order valence-corrected chi connectivity index (χ0v) is 18.4. The van der Waals surface area contributed by atoms with Crippen LogP contribution in [0.5, 0.6) is 0 Å². The maximum atomic E-state index is 13.4. The summed E-state index contributed by atoms with van der Waals surface area (Å²) in [5.41, 5.74) is 2.12. The summed E-state index contributed by atoms with van der Waals surface area (Å²) >= 11 is 0. The fraction of sp³-hybridized carbons (Fsp3) is 0.542. The highest BCUT2D eigenvalue weighted by Crippen LogP contribution is 2.39. The van der Waals surface area contributed by atoms with Crippen molar-refractivity contribution in [3.63, 3.8) is 0 Å². The van der Waals surface area contributed by atoms with Crippen molar-refractivity contribution in [3.8, 4) is 0 Å². The van der Waals surface area contributed by atoms with Crippen molar-refractivity contribution in [3.05, 3.63) is 46.5 Å². The van der Waals surface area contributed by atoms with Crippen LogP contribution in [-0.4, -0.2) is 59.5 Å². The van der Waals surface area contributed by atoms with E-state index in [2.05, 4.69) is 0 Å².